The second-order valence-electron chi connectivity index (χ2n) is 4.83. The molecule has 0 radical (unpaired) electrons. The fourth-order valence-electron chi connectivity index (χ4n) is 2.64. The predicted molar refractivity (Wildman–Crippen MR) is 79.6 cm³/mol. The van der Waals surface area contributed by atoms with Crippen molar-refractivity contribution in [1.29, 1.82) is 0 Å². The normalized spacial score (nSPS) is 14.9. The molecule has 1 aliphatic heterocycles. The van der Waals surface area contributed by atoms with E-state index >= 15 is 0 Å². The van der Waals surface area contributed by atoms with Gasteiger partial charge >= 0.3 is 5.97 Å². The maximum atomic E-state index is 11.7. The van der Waals surface area contributed by atoms with E-state index in [1.807, 2.05) is 18.2 Å². The number of ether oxygens (including phenoxy) is 3. The number of nitrogens with one attached hydrogen (secondary N) is 1. The summed E-state index contributed by atoms with van der Waals surface area (Å²) < 4.78 is 15.5. The van der Waals surface area contributed by atoms with Crippen molar-refractivity contribution in [2.45, 2.75) is 6.42 Å². The third-order valence-electron chi connectivity index (χ3n) is 3.69. The van der Waals surface area contributed by atoms with Gasteiger partial charge in [0, 0.05) is 5.39 Å². The summed E-state index contributed by atoms with van der Waals surface area (Å²) in [6, 6.07) is 5.74. The van der Waals surface area contributed by atoms with Crippen LogP contribution in [0.15, 0.2) is 24.3 Å². The lowest BCUT2D eigenvalue weighted by molar-refractivity contribution is 0.0595. The lowest BCUT2D eigenvalue weighted by Gasteiger charge is -2.15. The smallest absolute Gasteiger partial charge is 0.354 e. The molecule has 0 atom stereocenters. The van der Waals surface area contributed by atoms with Crippen LogP contribution in [0.25, 0.3) is 16.5 Å². The molecule has 3 rings (SSSR count). The first-order valence-corrected chi connectivity index (χ1v) is 6.79. The van der Waals surface area contributed by atoms with Crippen molar-refractivity contribution in [3.05, 3.63) is 35.5 Å². The van der Waals surface area contributed by atoms with Gasteiger partial charge in [-0.25, -0.2) is 4.79 Å². The molecular formula is C16H17NO4. The highest BCUT2D eigenvalue weighted by Gasteiger charge is 2.17. The van der Waals surface area contributed by atoms with Crippen molar-refractivity contribution in [2.75, 3.05) is 27.4 Å². The number of H-pyrrole nitrogens is 1. The van der Waals surface area contributed by atoms with E-state index in [1.165, 1.54) is 12.7 Å². The topological polar surface area (TPSA) is 60.6 Å². The van der Waals surface area contributed by atoms with Crippen molar-refractivity contribution < 1.29 is 19.0 Å². The van der Waals surface area contributed by atoms with Gasteiger partial charge < -0.3 is 19.2 Å². The highest BCUT2D eigenvalue weighted by Crippen LogP contribution is 2.34. The molecule has 0 amide bonds. The van der Waals surface area contributed by atoms with Crippen LogP contribution in [-0.4, -0.2) is 38.4 Å². The quantitative estimate of drug-likeness (QED) is 0.882. The summed E-state index contributed by atoms with van der Waals surface area (Å²) in [5.41, 5.74) is 3.55. The van der Waals surface area contributed by atoms with Gasteiger partial charge in [-0.3, -0.25) is 0 Å². The molecule has 0 unspecified atom stereocenters. The zero-order chi connectivity index (χ0) is 14.8. The van der Waals surface area contributed by atoms with Crippen molar-refractivity contribution in [3.63, 3.8) is 0 Å². The molecule has 2 aromatic rings. The molecule has 0 aliphatic carbocycles. The first-order chi connectivity index (χ1) is 10.2. The van der Waals surface area contributed by atoms with Crippen LogP contribution in [0.1, 0.15) is 22.5 Å². The van der Waals surface area contributed by atoms with Gasteiger partial charge in [-0.2, -0.15) is 0 Å². The second-order valence-corrected chi connectivity index (χ2v) is 4.83. The number of aromatic nitrogens is 1. The fourth-order valence-corrected chi connectivity index (χ4v) is 2.64. The molecule has 1 aromatic heterocycles. The van der Waals surface area contributed by atoms with Crippen LogP contribution in [0.2, 0.25) is 0 Å². The van der Waals surface area contributed by atoms with Crippen molar-refractivity contribution >= 4 is 22.4 Å². The standard InChI is InChI=1S/C16H17NO4/c1-19-14-4-3-11(10-5-7-21-8-6-10)12-9-13(16(18)20-2)17-15(12)14/h3-5,9,17H,6-8H2,1-2H3. The van der Waals surface area contributed by atoms with Gasteiger partial charge in [0.1, 0.15) is 11.4 Å². The van der Waals surface area contributed by atoms with Crippen LogP contribution >= 0.6 is 0 Å². The molecule has 0 spiro atoms. The largest absolute Gasteiger partial charge is 0.495 e. The number of hydrogen-bond acceptors (Lipinski definition) is 4. The number of esters is 1. The molecule has 21 heavy (non-hydrogen) atoms. The summed E-state index contributed by atoms with van der Waals surface area (Å²) in [6.07, 6.45) is 2.94. The molecule has 1 aromatic carbocycles. The van der Waals surface area contributed by atoms with Gasteiger partial charge in [-0.15, -0.1) is 0 Å². The highest BCUT2D eigenvalue weighted by atomic mass is 16.5. The van der Waals surface area contributed by atoms with Gasteiger partial charge in [0.05, 0.1) is 33.0 Å². The summed E-state index contributed by atoms with van der Waals surface area (Å²) in [5.74, 6) is 0.316. The van der Waals surface area contributed by atoms with E-state index in [0.29, 0.717) is 24.7 Å². The number of methoxy groups -OCH3 is 2. The predicted octanol–water partition coefficient (Wildman–Crippen LogP) is 2.77. The van der Waals surface area contributed by atoms with E-state index in [2.05, 4.69) is 11.1 Å². The third-order valence-corrected chi connectivity index (χ3v) is 3.69. The van der Waals surface area contributed by atoms with Crippen LogP contribution in [0, 0.1) is 0 Å². The Morgan fingerprint density at radius 2 is 2.19 bits per heavy atom. The summed E-state index contributed by atoms with van der Waals surface area (Å²) >= 11 is 0. The molecule has 1 N–H and O–H groups in total. The van der Waals surface area contributed by atoms with Crippen molar-refractivity contribution in [2.24, 2.45) is 0 Å². The first-order valence-electron chi connectivity index (χ1n) is 6.79. The zero-order valence-corrected chi connectivity index (χ0v) is 12.1. The van der Waals surface area contributed by atoms with Crippen LogP contribution in [0.3, 0.4) is 0 Å². The maximum Gasteiger partial charge on any atom is 0.354 e. The van der Waals surface area contributed by atoms with Gasteiger partial charge in [0.2, 0.25) is 0 Å². The van der Waals surface area contributed by atoms with Gasteiger partial charge in [-0.05, 0) is 29.7 Å². The number of aromatic amines is 1. The molecular weight excluding hydrogens is 270 g/mol. The van der Waals surface area contributed by atoms with Crippen LogP contribution in [0.5, 0.6) is 5.75 Å². The van der Waals surface area contributed by atoms with E-state index in [9.17, 15) is 4.79 Å². The second kappa shape index (κ2) is 5.61. The molecule has 5 nitrogen and oxygen atoms in total. The number of hydrogen-bond donors (Lipinski definition) is 1. The molecule has 5 heteroatoms. The Morgan fingerprint density at radius 3 is 2.86 bits per heavy atom. The minimum atomic E-state index is -0.389. The molecule has 1 aliphatic rings. The molecule has 0 fully saturated rings. The highest BCUT2D eigenvalue weighted by molar-refractivity contribution is 6.01. The Labute approximate surface area is 122 Å². The van der Waals surface area contributed by atoms with Crippen molar-refractivity contribution in [1.82, 2.24) is 4.98 Å². The Morgan fingerprint density at radius 1 is 1.33 bits per heavy atom. The molecule has 110 valence electrons. The number of fused-ring (bicyclic) bond motifs is 1. The lowest BCUT2D eigenvalue weighted by atomic mass is 9.97. The van der Waals surface area contributed by atoms with Gasteiger partial charge in [0.25, 0.3) is 0 Å². The van der Waals surface area contributed by atoms with Crippen molar-refractivity contribution in [3.8, 4) is 5.75 Å². The Balaban J connectivity index is 2.19. The Bertz CT molecular complexity index is 714. The number of carbonyl (C=O) groups is 1. The average molecular weight is 287 g/mol. The molecule has 0 saturated heterocycles. The lowest BCUT2D eigenvalue weighted by Crippen LogP contribution is -2.04. The monoisotopic (exact) mass is 287 g/mol. The van der Waals surface area contributed by atoms with Gasteiger partial charge in [0.15, 0.2) is 0 Å². The summed E-state index contributed by atoms with van der Waals surface area (Å²) in [4.78, 5) is 14.8. The zero-order valence-electron chi connectivity index (χ0n) is 12.1. The fraction of sp³-hybridized carbons (Fsp3) is 0.312. The SMILES string of the molecule is COC(=O)c1cc2c(C3=CCOCC3)ccc(OC)c2[nH]1. The van der Waals surface area contributed by atoms with E-state index in [1.54, 1.807) is 7.11 Å². The van der Waals surface area contributed by atoms with Crippen LogP contribution in [-0.2, 0) is 9.47 Å². The minimum absolute atomic E-state index is 0.389. The minimum Gasteiger partial charge on any atom is -0.495 e. The summed E-state index contributed by atoms with van der Waals surface area (Å²) in [6.45, 7) is 1.34. The van der Waals surface area contributed by atoms with Crippen LogP contribution in [0.4, 0.5) is 0 Å². The van der Waals surface area contributed by atoms with Crippen LogP contribution < -0.4 is 4.74 Å². The summed E-state index contributed by atoms with van der Waals surface area (Å²) in [7, 11) is 2.98. The summed E-state index contributed by atoms with van der Waals surface area (Å²) in [5, 5.41) is 0.961. The average Bonchev–Trinajstić information content (AvgIpc) is 2.99. The third kappa shape index (κ3) is 2.40. The molecule has 0 bridgehead atoms. The molecule has 2 heterocycles. The Kier molecular flexibility index (Phi) is 3.66. The number of benzene rings is 1. The van der Waals surface area contributed by atoms with E-state index in [-0.39, 0.29) is 5.97 Å². The van der Waals surface area contributed by atoms with E-state index < -0.39 is 0 Å². The Hall–Kier alpha value is -2.27. The molecule has 0 saturated carbocycles. The van der Waals surface area contributed by atoms with Gasteiger partial charge in [-0.1, -0.05) is 12.1 Å². The number of rotatable bonds is 3. The maximum absolute atomic E-state index is 11.7. The number of carbonyl (C=O) groups excluding carboxylic acids is 1. The van der Waals surface area contributed by atoms with E-state index in [0.717, 1.165) is 22.9 Å². The first kappa shape index (κ1) is 13.7. The van der Waals surface area contributed by atoms with E-state index in [4.69, 9.17) is 14.2 Å².